The number of alkyl halides is 1. The fraction of sp³-hybridized carbons (Fsp3) is 0.333. The Morgan fingerprint density at radius 3 is 1.77 bits per heavy atom. The minimum atomic E-state index is -1.52. The van der Waals surface area contributed by atoms with E-state index in [1.165, 1.54) is 67.8 Å². The molecule has 39 heavy (non-hydrogen) atoms. The van der Waals surface area contributed by atoms with E-state index in [1.807, 2.05) is 5.83 Å². The summed E-state index contributed by atoms with van der Waals surface area (Å²) in [6.45, 7) is 4.05. The van der Waals surface area contributed by atoms with Crippen molar-refractivity contribution < 1.29 is 37.1 Å². The average molecular weight is 607 g/mol. The Bertz CT molecular complexity index is 1190. The molecule has 0 saturated carbocycles. The maximum absolute atomic E-state index is 13.2. The number of benzene rings is 3. The molecule has 3 aromatic rings. The predicted molar refractivity (Wildman–Crippen MR) is 146 cm³/mol. The smallest absolute Gasteiger partial charge is 0.450 e. The maximum Gasteiger partial charge on any atom is 0.506 e. The zero-order chi connectivity index (χ0) is 28.4. The number of ether oxygens (including phenoxy) is 1. The number of quaternary nitrogens is 1. The molecular weight excluding hydrogens is 575 g/mol. The predicted octanol–water partition coefficient (Wildman–Crippen LogP) is 7.40. The topological polar surface area (TPSA) is 63.6 Å². The van der Waals surface area contributed by atoms with Gasteiger partial charge < -0.3 is 14.3 Å². The number of halogens is 4. The summed E-state index contributed by atoms with van der Waals surface area (Å²) >= 11 is 2.94. The zero-order valence-electron chi connectivity index (χ0n) is 21.7. The lowest BCUT2D eigenvalue weighted by Gasteiger charge is -2.48. The second-order valence-electron chi connectivity index (χ2n) is 9.71. The van der Waals surface area contributed by atoms with E-state index in [0.29, 0.717) is 23.2 Å². The van der Waals surface area contributed by atoms with Crippen LogP contribution in [0.5, 0.6) is 0 Å². The Hall–Kier alpha value is -3.17. The Kier molecular flexibility index (Phi) is 11.1. The molecule has 5 nitrogen and oxygen atoms in total. The number of Topliss-reactive ketones (excluding diaryl/α,β-unsaturated/α-hetero) is 1. The summed E-state index contributed by atoms with van der Waals surface area (Å²) in [5.41, 5.74) is 1.25. The van der Waals surface area contributed by atoms with Gasteiger partial charge in [0.15, 0.2) is 6.10 Å². The van der Waals surface area contributed by atoms with Crippen LogP contribution in [0.2, 0.25) is 0 Å². The van der Waals surface area contributed by atoms with Crippen molar-refractivity contribution in [2.75, 3.05) is 32.0 Å². The first kappa shape index (κ1) is 30.4. The van der Waals surface area contributed by atoms with E-state index in [1.54, 1.807) is 12.1 Å². The highest BCUT2D eigenvalue weighted by Gasteiger charge is 2.40. The van der Waals surface area contributed by atoms with Crippen LogP contribution in [-0.2, 0) is 4.74 Å². The number of carbonyl (C=O) groups is 2. The van der Waals surface area contributed by atoms with Gasteiger partial charge in [0.1, 0.15) is 24.0 Å². The molecule has 1 N–H and O–H groups in total. The lowest BCUT2D eigenvalue weighted by molar-refractivity contribution is -0.935. The zero-order valence-corrected chi connectivity index (χ0v) is 23.2. The fourth-order valence-corrected chi connectivity index (χ4v) is 5.18. The van der Waals surface area contributed by atoms with E-state index in [-0.39, 0.29) is 11.6 Å². The van der Waals surface area contributed by atoms with E-state index in [0.717, 1.165) is 42.2 Å². The minimum Gasteiger partial charge on any atom is -0.450 e. The lowest BCUT2D eigenvalue weighted by atomic mass is 9.85. The molecule has 3 aromatic carbocycles. The van der Waals surface area contributed by atoms with Crippen molar-refractivity contribution in [3.8, 4) is 0 Å². The molecular formula is C30H32BrF3NO4+. The molecule has 208 valence electrons. The third-order valence-electron chi connectivity index (χ3n) is 7.20. The van der Waals surface area contributed by atoms with Gasteiger partial charge in [0.05, 0.1) is 19.6 Å². The highest BCUT2D eigenvalue weighted by Crippen LogP contribution is 2.33. The van der Waals surface area contributed by atoms with Crippen LogP contribution in [0.4, 0.5) is 18.0 Å². The first-order valence-electron chi connectivity index (χ1n) is 12.7. The first-order valence-corrected chi connectivity index (χ1v) is 14.2. The van der Waals surface area contributed by atoms with Crippen molar-refractivity contribution in [1.29, 1.82) is 0 Å². The van der Waals surface area contributed by atoms with Gasteiger partial charge in [0, 0.05) is 16.7 Å². The van der Waals surface area contributed by atoms with Crippen molar-refractivity contribution in [3.05, 3.63) is 107 Å². The number of hydrogen-bond acceptors (Lipinski definition) is 3. The second kappa shape index (κ2) is 14.3. The van der Waals surface area contributed by atoms with Crippen molar-refractivity contribution in [3.63, 3.8) is 0 Å². The van der Waals surface area contributed by atoms with Gasteiger partial charge in [-0.05, 0) is 79.5 Å². The summed E-state index contributed by atoms with van der Waals surface area (Å²) < 4.78 is 44.9. The first-order chi connectivity index (χ1) is 18.7. The van der Waals surface area contributed by atoms with Crippen molar-refractivity contribution >= 4 is 27.9 Å². The largest absolute Gasteiger partial charge is 0.506 e. The highest BCUT2D eigenvalue weighted by atomic mass is 79.9. The maximum atomic E-state index is 13.2. The molecule has 0 amide bonds. The summed E-state index contributed by atoms with van der Waals surface area (Å²) in [5.74, 6) is 1.56. The molecule has 3 heterocycles. The van der Waals surface area contributed by atoms with Crippen LogP contribution in [0.15, 0.2) is 72.8 Å². The van der Waals surface area contributed by atoms with E-state index in [9.17, 15) is 22.8 Å². The van der Waals surface area contributed by atoms with Gasteiger partial charge in [-0.2, -0.15) is 0 Å². The number of ketones is 1. The van der Waals surface area contributed by atoms with Crippen LogP contribution in [0, 0.1) is 23.4 Å². The molecule has 3 saturated heterocycles. The van der Waals surface area contributed by atoms with Gasteiger partial charge in [-0.25, -0.2) is 18.0 Å². The van der Waals surface area contributed by atoms with Crippen LogP contribution < -0.4 is 0 Å². The van der Waals surface area contributed by atoms with Gasteiger partial charge >= 0.3 is 6.16 Å². The third kappa shape index (κ3) is 8.66. The van der Waals surface area contributed by atoms with Gasteiger partial charge in [-0.15, -0.1) is 0 Å². The summed E-state index contributed by atoms with van der Waals surface area (Å²) in [4.78, 5) is 23.0. The molecule has 0 atom stereocenters. The molecule has 0 aliphatic carbocycles. The van der Waals surface area contributed by atoms with Crippen molar-refractivity contribution in [2.24, 2.45) is 5.92 Å². The summed E-state index contributed by atoms with van der Waals surface area (Å²) in [7, 11) is 0. The number of rotatable bonds is 6. The summed E-state index contributed by atoms with van der Waals surface area (Å²) in [6, 6.07) is 16.6. The molecule has 0 aromatic heterocycles. The van der Waals surface area contributed by atoms with E-state index in [2.05, 4.69) is 15.9 Å². The minimum absolute atomic E-state index is 0.162. The number of piperidine rings is 3. The van der Waals surface area contributed by atoms with E-state index < -0.39 is 23.9 Å². The van der Waals surface area contributed by atoms with Gasteiger partial charge in [-0.1, -0.05) is 40.2 Å². The average Bonchev–Trinajstić information content (AvgIpc) is 2.94. The number of hydrogen-bond donors (Lipinski definition) is 1. The fourth-order valence-electron chi connectivity index (χ4n) is 5.18. The SMILES string of the molecule is CBr.O=C(C[N+]12CCC(CC1)CC2)c1ccc(F)cc1.O=C(O)OC(c1cccc(F)c1)c1cccc(F)c1. The Morgan fingerprint density at radius 2 is 1.33 bits per heavy atom. The Morgan fingerprint density at radius 1 is 0.846 bits per heavy atom. The van der Waals surface area contributed by atoms with E-state index in [4.69, 9.17) is 9.84 Å². The number of nitrogens with zero attached hydrogens (tertiary/aromatic N) is 1. The van der Waals surface area contributed by atoms with Crippen LogP contribution in [0.1, 0.15) is 46.9 Å². The molecule has 6 rings (SSSR count). The second-order valence-corrected chi connectivity index (χ2v) is 9.71. The van der Waals surface area contributed by atoms with Crippen molar-refractivity contribution in [2.45, 2.75) is 25.4 Å². The molecule has 0 unspecified atom stereocenters. The molecule has 3 aliphatic heterocycles. The molecule has 2 bridgehead atoms. The molecule has 0 radical (unpaired) electrons. The molecule has 3 aliphatic rings. The summed E-state index contributed by atoms with van der Waals surface area (Å²) in [6.07, 6.45) is 1.24. The van der Waals surface area contributed by atoms with Gasteiger partial charge in [0.2, 0.25) is 5.78 Å². The van der Waals surface area contributed by atoms with Crippen molar-refractivity contribution in [1.82, 2.24) is 0 Å². The van der Waals surface area contributed by atoms with E-state index >= 15 is 0 Å². The molecule has 0 spiro atoms. The van der Waals surface area contributed by atoms with Crippen LogP contribution in [0.25, 0.3) is 0 Å². The molecule has 9 heteroatoms. The van der Waals surface area contributed by atoms with Gasteiger partial charge in [-0.3, -0.25) is 4.79 Å². The lowest BCUT2D eigenvalue weighted by Crippen LogP contribution is -2.60. The normalized spacial score (nSPS) is 19.3. The number of fused-ring (bicyclic) bond motifs is 3. The number of carboxylic acid groups (broad SMARTS) is 1. The Labute approximate surface area is 234 Å². The molecule has 3 fully saturated rings. The highest BCUT2D eigenvalue weighted by molar-refractivity contribution is 9.08. The standard InChI is InChI=1S/C15H19FNO.C14H10F2O3.CH3Br/c16-14-3-1-13(2-4-14)15(18)11-17-8-5-12(6-9-17)7-10-17;15-11-5-1-3-9(7-11)13(19-14(17)18)10-4-2-6-12(16)8-10;1-2/h1-4,12H,5-11H2;1-8,13H,(H,17,18);1H3/q+1;;. The number of carbonyl (C=O) groups excluding carboxylic acids is 1. The third-order valence-corrected chi connectivity index (χ3v) is 7.20. The van der Waals surface area contributed by atoms with Gasteiger partial charge in [0.25, 0.3) is 0 Å². The van der Waals surface area contributed by atoms with Crippen LogP contribution in [-0.4, -0.2) is 53.5 Å². The summed E-state index contributed by atoms with van der Waals surface area (Å²) in [5, 5.41) is 8.74. The van der Waals surface area contributed by atoms with Crippen LogP contribution >= 0.6 is 15.9 Å². The van der Waals surface area contributed by atoms with Crippen LogP contribution in [0.3, 0.4) is 0 Å². The monoisotopic (exact) mass is 606 g/mol. The Balaban J connectivity index is 0.000000203. The quantitative estimate of drug-likeness (QED) is 0.137.